The molecule has 3 heterocycles. The van der Waals surface area contributed by atoms with Gasteiger partial charge in [-0.1, -0.05) is 12.1 Å². The van der Waals surface area contributed by atoms with E-state index in [2.05, 4.69) is 22.2 Å². The van der Waals surface area contributed by atoms with E-state index < -0.39 is 0 Å². The average molecular weight is 340 g/mol. The molecule has 0 saturated carbocycles. The standard InChI is InChI=1S/C18H20N4OS/c1-21-7-3-5-14(11-21)17(23)19-15-6-2-4-13(10-15)16-12-22-8-9-24-18(22)20-16/h2,4,6,8-10,12,14H,3,5,7,11H2,1H3,(H,19,23). The van der Waals surface area contributed by atoms with Gasteiger partial charge >= 0.3 is 0 Å². The molecule has 0 aliphatic carbocycles. The molecule has 124 valence electrons. The lowest BCUT2D eigenvalue weighted by Crippen LogP contribution is -2.38. The number of amides is 1. The van der Waals surface area contributed by atoms with Crippen molar-refractivity contribution in [2.24, 2.45) is 5.92 Å². The first-order chi connectivity index (χ1) is 11.7. The van der Waals surface area contributed by atoms with Crippen LogP contribution in [0, 0.1) is 5.92 Å². The maximum Gasteiger partial charge on any atom is 0.228 e. The number of anilines is 1. The topological polar surface area (TPSA) is 49.6 Å². The molecule has 6 heteroatoms. The number of rotatable bonds is 3. The molecule has 1 amide bonds. The molecule has 1 aliphatic heterocycles. The Hall–Kier alpha value is -2.18. The summed E-state index contributed by atoms with van der Waals surface area (Å²) < 4.78 is 2.02. The summed E-state index contributed by atoms with van der Waals surface area (Å²) in [4.78, 5) is 20.3. The quantitative estimate of drug-likeness (QED) is 0.795. The highest BCUT2D eigenvalue weighted by Gasteiger charge is 2.23. The molecule has 0 spiro atoms. The van der Waals surface area contributed by atoms with E-state index in [-0.39, 0.29) is 11.8 Å². The Bertz CT molecular complexity index is 840. The molecule has 1 saturated heterocycles. The Balaban J connectivity index is 1.52. The molecule has 1 unspecified atom stereocenters. The first-order valence-corrected chi connectivity index (χ1v) is 9.09. The van der Waals surface area contributed by atoms with Crippen molar-refractivity contribution >= 4 is 27.9 Å². The van der Waals surface area contributed by atoms with Crippen LogP contribution in [-0.4, -0.2) is 40.3 Å². The fraction of sp³-hybridized carbons (Fsp3) is 0.333. The van der Waals surface area contributed by atoms with E-state index in [0.29, 0.717) is 0 Å². The van der Waals surface area contributed by atoms with Crippen LogP contribution in [0.25, 0.3) is 16.2 Å². The zero-order valence-corrected chi connectivity index (χ0v) is 14.4. The van der Waals surface area contributed by atoms with Gasteiger partial charge < -0.3 is 10.2 Å². The molecule has 1 N–H and O–H groups in total. The Morgan fingerprint density at radius 2 is 2.33 bits per heavy atom. The Morgan fingerprint density at radius 1 is 1.42 bits per heavy atom. The van der Waals surface area contributed by atoms with E-state index >= 15 is 0 Å². The second kappa shape index (κ2) is 6.37. The summed E-state index contributed by atoms with van der Waals surface area (Å²) in [5.41, 5.74) is 2.78. The number of thiazole rings is 1. The van der Waals surface area contributed by atoms with Gasteiger partial charge in [-0.25, -0.2) is 4.98 Å². The molecule has 4 rings (SSSR count). The van der Waals surface area contributed by atoms with E-state index in [1.807, 2.05) is 46.4 Å². The molecule has 3 aromatic rings. The summed E-state index contributed by atoms with van der Waals surface area (Å²) in [6, 6.07) is 7.92. The molecule has 1 aliphatic rings. The maximum atomic E-state index is 12.5. The normalized spacial score (nSPS) is 18.8. The summed E-state index contributed by atoms with van der Waals surface area (Å²) in [6.07, 6.45) is 6.07. The summed E-state index contributed by atoms with van der Waals surface area (Å²) in [5, 5.41) is 5.09. The van der Waals surface area contributed by atoms with Crippen molar-refractivity contribution in [3.8, 4) is 11.3 Å². The van der Waals surface area contributed by atoms with Gasteiger partial charge in [0.15, 0.2) is 4.96 Å². The lowest BCUT2D eigenvalue weighted by Gasteiger charge is -2.28. The van der Waals surface area contributed by atoms with Crippen LogP contribution < -0.4 is 5.32 Å². The number of nitrogens with one attached hydrogen (secondary N) is 1. The minimum absolute atomic E-state index is 0.0744. The zero-order valence-electron chi connectivity index (χ0n) is 13.6. The van der Waals surface area contributed by atoms with Gasteiger partial charge in [0, 0.05) is 35.6 Å². The van der Waals surface area contributed by atoms with E-state index in [9.17, 15) is 4.79 Å². The Morgan fingerprint density at radius 3 is 3.17 bits per heavy atom. The van der Waals surface area contributed by atoms with Gasteiger partial charge in [0.2, 0.25) is 5.91 Å². The molecule has 0 bridgehead atoms. The summed E-state index contributed by atoms with van der Waals surface area (Å²) in [7, 11) is 2.07. The summed E-state index contributed by atoms with van der Waals surface area (Å²) in [5.74, 6) is 0.190. The van der Waals surface area contributed by atoms with Crippen molar-refractivity contribution < 1.29 is 4.79 Å². The summed E-state index contributed by atoms with van der Waals surface area (Å²) in [6.45, 7) is 1.92. The highest BCUT2D eigenvalue weighted by Crippen LogP contribution is 2.25. The lowest BCUT2D eigenvalue weighted by molar-refractivity contribution is -0.121. The molecule has 1 fully saturated rings. The SMILES string of the molecule is CN1CCCC(C(=O)Nc2cccc(-c3cn4ccsc4n3)c2)C1. The first kappa shape index (κ1) is 15.4. The highest BCUT2D eigenvalue weighted by molar-refractivity contribution is 7.15. The van der Waals surface area contributed by atoms with Crippen LogP contribution in [0.4, 0.5) is 5.69 Å². The fourth-order valence-electron chi connectivity index (χ4n) is 3.25. The molecule has 2 aromatic heterocycles. The maximum absolute atomic E-state index is 12.5. The van der Waals surface area contributed by atoms with Gasteiger partial charge in [-0.15, -0.1) is 11.3 Å². The van der Waals surface area contributed by atoms with Gasteiger partial charge in [-0.3, -0.25) is 9.20 Å². The number of likely N-dealkylation sites (tertiary alicyclic amines) is 1. The molecule has 1 atom stereocenters. The third kappa shape index (κ3) is 3.07. The monoisotopic (exact) mass is 340 g/mol. The molecular weight excluding hydrogens is 320 g/mol. The third-order valence-electron chi connectivity index (χ3n) is 4.51. The number of nitrogens with zero attached hydrogens (tertiary/aromatic N) is 3. The predicted molar refractivity (Wildman–Crippen MR) is 97.4 cm³/mol. The average Bonchev–Trinajstić information content (AvgIpc) is 3.17. The molecule has 0 radical (unpaired) electrons. The molecule has 1 aromatic carbocycles. The van der Waals surface area contributed by atoms with Crippen LogP contribution in [0.2, 0.25) is 0 Å². The molecular formula is C18H20N4OS. The van der Waals surface area contributed by atoms with Gasteiger partial charge in [0.1, 0.15) is 0 Å². The van der Waals surface area contributed by atoms with Crippen LogP contribution >= 0.6 is 11.3 Å². The van der Waals surface area contributed by atoms with Gasteiger partial charge in [-0.05, 0) is 38.6 Å². The zero-order chi connectivity index (χ0) is 16.5. The van der Waals surface area contributed by atoms with Crippen molar-refractivity contribution in [1.29, 1.82) is 0 Å². The molecule has 24 heavy (non-hydrogen) atoms. The van der Waals surface area contributed by atoms with Gasteiger partial charge in [-0.2, -0.15) is 0 Å². The van der Waals surface area contributed by atoms with Crippen molar-refractivity contribution in [2.45, 2.75) is 12.8 Å². The van der Waals surface area contributed by atoms with Crippen molar-refractivity contribution in [3.05, 3.63) is 42.0 Å². The lowest BCUT2D eigenvalue weighted by atomic mass is 9.97. The number of fused-ring (bicyclic) bond motifs is 1. The Labute approximate surface area is 144 Å². The number of hydrogen-bond donors (Lipinski definition) is 1. The second-order valence-electron chi connectivity index (χ2n) is 6.39. The summed E-state index contributed by atoms with van der Waals surface area (Å²) >= 11 is 1.61. The van der Waals surface area contributed by atoms with Crippen LogP contribution in [0.15, 0.2) is 42.0 Å². The third-order valence-corrected chi connectivity index (χ3v) is 5.29. The fourth-order valence-corrected chi connectivity index (χ4v) is 3.95. The second-order valence-corrected chi connectivity index (χ2v) is 7.26. The number of hydrogen-bond acceptors (Lipinski definition) is 4. The van der Waals surface area contributed by atoms with Gasteiger partial charge in [0.05, 0.1) is 11.6 Å². The highest BCUT2D eigenvalue weighted by atomic mass is 32.1. The smallest absolute Gasteiger partial charge is 0.228 e. The number of carbonyl (C=O) groups excluding carboxylic acids is 1. The van der Waals surface area contributed by atoms with E-state index in [4.69, 9.17) is 0 Å². The first-order valence-electron chi connectivity index (χ1n) is 8.21. The van der Waals surface area contributed by atoms with Crippen LogP contribution in [0.1, 0.15) is 12.8 Å². The van der Waals surface area contributed by atoms with Crippen molar-refractivity contribution in [1.82, 2.24) is 14.3 Å². The molecule has 5 nitrogen and oxygen atoms in total. The Kier molecular flexibility index (Phi) is 4.08. The minimum atomic E-state index is 0.0744. The van der Waals surface area contributed by atoms with Crippen molar-refractivity contribution in [3.63, 3.8) is 0 Å². The van der Waals surface area contributed by atoms with Gasteiger partial charge in [0.25, 0.3) is 0 Å². The number of aromatic nitrogens is 2. The predicted octanol–water partition coefficient (Wildman–Crippen LogP) is 3.34. The van der Waals surface area contributed by atoms with E-state index in [0.717, 1.165) is 47.8 Å². The number of piperidine rings is 1. The largest absolute Gasteiger partial charge is 0.326 e. The number of carbonyl (C=O) groups is 1. The van der Waals surface area contributed by atoms with Crippen molar-refractivity contribution in [2.75, 3.05) is 25.5 Å². The number of imidazole rings is 1. The number of benzene rings is 1. The van der Waals surface area contributed by atoms with Crippen LogP contribution in [0.3, 0.4) is 0 Å². The van der Waals surface area contributed by atoms with Crippen LogP contribution in [0.5, 0.6) is 0 Å². The van der Waals surface area contributed by atoms with E-state index in [1.54, 1.807) is 11.3 Å². The minimum Gasteiger partial charge on any atom is -0.326 e. The van der Waals surface area contributed by atoms with E-state index in [1.165, 1.54) is 0 Å². The van der Waals surface area contributed by atoms with Crippen LogP contribution in [-0.2, 0) is 4.79 Å².